The van der Waals surface area contributed by atoms with Crippen LogP contribution in [0.3, 0.4) is 0 Å². The minimum absolute atomic E-state index is 0. The van der Waals surface area contributed by atoms with Gasteiger partial charge in [-0.1, -0.05) is 344 Å². The molecule has 17 nitrogen and oxygen atoms in total. The number of aliphatic hydroxyl groups is 1. The van der Waals surface area contributed by atoms with Crippen molar-refractivity contribution in [1.82, 2.24) is 0 Å². The first-order valence-corrected chi connectivity index (χ1v) is 37.0. The molecule has 0 aromatic carbocycles. The molecule has 4 N–H and O–H groups in total. The van der Waals surface area contributed by atoms with E-state index in [9.17, 15) is 38.5 Å². The fourth-order valence-corrected chi connectivity index (χ4v) is 0.854. The zero-order valence-corrected chi connectivity index (χ0v) is 90.3. The number of halogens is 2. The average Bonchev–Trinajstić information content (AvgIpc) is 1.42. The van der Waals surface area contributed by atoms with Gasteiger partial charge in [-0.3, -0.25) is 14.4 Å². The Bertz CT molecular complexity index is 1040. The number of esters is 2. The summed E-state index contributed by atoms with van der Waals surface area (Å²) in [5.41, 5.74) is -2.25. The third-order valence-corrected chi connectivity index (χ3v) is 4.89. The second kappa shape index (κ2) is 269. The second-order valence-electron chi connectivity index (χ2n) is 18.7. The van der Waals surface area contributed by atoms with E-state index in [1.165, 1.54) is 126 Å². The fourth-order valence-electron chi connectivity index (χ4n) is 0.854. The Morgan fingerprint density at radius 1 is 0.423 bits per heavy atom. The van der Waals surface area contributed by atoms with Crippen molar-refractivity contribution >= 4 is 61.2 Å². The van der Waals surface area contributed by atoms with E-state index in [2.05, 4.69) is 100 Å². The van der Waals surface area contributed by atoms with Gasteiger partial charge in [0.1, 0.15) is 18.9 Å². The summed E-state index contributed by atoms with van der Waals surface area (Å²) in [6, 6.07) is 0. The van der Waals surface area contributed by atoms with Gasteiger partial charge in [0.25, 0.3) is 5.97 Å². The molecular weight excluding hydrogens is 1430 g/mol. The Hall–Kier alpha value is 1.34. The molecule has 0 aromatic heterocycles. The Morgan fingerprint density at radius 2 is 0.510 bits per heavy atom. The Labute approximate surface area is 789 Å². The van der Waals surface area contributed by atoms with Crippen LogP contribution in [0, 0.1) is 0 Å². The number of unbranched alkanes of at least 4 members (excludes halogenated alkanes) is 7. The van der Waals surface area contributed by atoms with Crippen LogP contribution in [0.1, 0.15) is 402 Å². The number of carbonyl (C=O) groups excluding carboxylic acids is 5. The molecule has 0 amide bonds. The summed E-state index contributed by atoms with van der Waals surface area (Å²) in [4.78, 5) is 55.0. The molecule has 0 aliphatic rings. The van der Waals surface area contributed by atoms with Crippen molar-refractivity contribution in [2.24, 2.45) is 0 Å². The predicted molar refractivity (Wildman–Crippen MR) is 454 cm³/mol. The Kier molecular flexibility index (Phi) is 537. The molecule has 0 aliphatic carbocycles. The first kappa shape index (κ1) is 208. The Balaban J connectivity index is -0.0000000184. The summed E-state index contributed by atoms with van der Waals surface area (Å²) in [6.45, 7) is 84.8. The SMILES string of the molecule is C.C/C=C/C.C/C=C/C.CB(O)O.CC.CC.CC.CC.CC.CC.CC.CC(=O)O.CC(C)(C)[O-].CC(C)(C)[O-].CC(C)(C)[O-].CC=O.CC=O.CCC.CCC=O.CCCC.CCCC.CCCCC.CCCCCC.CO.COC(C)(F)F.COC(C)=O.COC(C)=O.COC(C)=S.[K+].[K+].[K+]. The van der Waals surface area contributed by atoms with Gasteiger partial charge in [-0.05, 0) is 60.6 Å². The maximum atomic E-state index is 11.2. The topological polar surface area (TPSA) is 289 Å². The van der Waals surface area contributed by atoms with Crippen molar-refractivity contribution in [3.63, 3.8) is 0 Å². The van der Waals surface area contributed by atoms with Gasteiger partial charge >= 0.3 is 179 Å². The summed E-state index contributed by atoms with van der Waals surface area (Å²) in [6.07, 6.45) is 24.2. The number of alkyl halides is 2. The quantitative estimate of drug-likeness (QED) is 0.0416. The van der Waals surface area contributed by atoms with Gasteiger partial charge in [0.2, 0.25) is 0 Å². The van der Waals surface area contributed by atoms with Crippen molar-refractivity contribution in [2.45, 2.75) is 432 Å². The third-order valence-electron chi connectivity index (χ3n) is 4.72. The van der Waals surface area contributed by atoms with Gasteiger partial charge in [-0.15, -0.1) is 16.8 Å². The van der Waals surface area contributed by atoms with Gasteiger partial charge in [0, 0.05) is 55.3 Å². The monoisotopic (exact) mass is 1630 g/mol. The average molecular weight is 1630 g/mol. The fraction of sp³-hybridized carbons (Fsp3) is 0.863. The van der Waals surface area contributed by atoms with Crippen LogP contribution in [0.15, 0.2) is 24.3 Å². The molecule has 0 radical (unpaired) electrons. The summed E-state index contributed by atoms with van der Waals surface area (Å²) >= 11 is 4.47. The molecule has 104 heavy (non-hydrogen) atoms. The molecule has 0 aliphatic heterocycles. The molecule has 0 aromatic rings. The van der Waals surface area contributed by atoms with E-state index < -0.39 is 36.0 Å². The van der Waals surface area contributed by atoms with Crippen LogP contribution in [-0.4, -0.2) is 128 Å². The van der Waals surface area contributed by atoms with Crippen LogP contribution in [0.25, 0.3) is 0 Å². The number of aliphatic hydroxyl groups excluding tert-OH is 1. The van der Waals surface area contributed by atoms with Crippen molar-refractivity contribution in [3.05, 3.63) is 24.3 Å². The molecule has 0 unspecified atom stereocenters. The second-order valence-corrected chi connectivity index (χ2v) is 19.3. The number of rotatable bonds is 9. The zero-order valence-electron chi connectivity index (χ0n) is 80.1. The Morgan fingerprint density at radius 3 is 0.519 bits per heavy atom. The standard InChI is InChI=1S/C6H14.C5H12.3C4H9O.2C4H10.2C4H8.C3H6F2O.2C3H6O2.C3H6OS.C3H6O.C3H8.C2H4O2.2C2H4O.7C2H6.CH5BO2.CH4O.CH4.3K/c1-3-5-6-4-2;1-3-5-4-2;3*1-4(2,3)5;4*1-3-4-2;1-3(4,5)6-2;2*1-3(4)5-2;1-3(5)4-2;1-2-3-4;1-3-2;1-2(3)4;2*1-2-3;7*1-2;1-2(3)4;1-2;;;;/h3-6H2,1-2H3;3-5H2,1-2H3;3*1-3H3;2*3-4H2,1-2H3;2*3-4H,1-2H3;1-2H3;3*1-2H3;3H,2H2,1H3;3H2,1-2H3;1H3,(H,3,4);2*2H,1H3;7*1-2H3;3-4H,1H3;2H,1H3;1H4;;;/q;;3*-1;;;;;;;;;;;;;;;;;;;;;;;;3*+1/b;;;;;;;2*4-3+;;;;;;;;;;;;;;;;;;;;;;. The molecular formula is C80H194BF2K3O17S. The molecule has 0 atom stereocenters. The van der Waals surface area contributed by atoms with E-state index in [-0.39, 0.29) is 174 Å². The summed E-state index contributed by atoms with van der Waals surface area (Å²) < 4.78 is 38.8. The van der Waals surface area contributed by atoms with Crippen LogP contribution in [0.4, 0.5) is 8.78 Å². The molecule has 0 bridgehead atoms. The molecule has 0 saturated heterocycles. The van der Waals surface area contributed by atoms with Gasteiger partial charge in [0.15, 0.2) is 5.05 Å². The summed E-state index contributed by atoms with van der Waals surface area (Å²) in [7, 11) is 5.05. The van der Waals surface area contributed by atoms with E-state index in [4.69, 9.17) is 34.6 Å². The van der Waals surface area contributed by atoms with Crippen molar-refractivity contribution < 1.29 is 246 Å². The molecule has 0 fully saturated rings. The first-order chi connectivity index (χ1) is 46.0. The van der Waals surface area contributed by atoms with E-state index in [0.29, 0.717) is 18.4 Å². The molecule has 24 heteroatoms. The number of methoxy groups -OCH3 is 4. The number of carboxylic acids is 1. The number of hydrogen-bond donors (Lipinski definition) is 4. The number of aliphatic carboxylic acids is 1. The van der Waals surface area contributed by atoms with Crippen LogP contribution in [0.5, 0.6) is 0 Å². The van der Waals surface area contributed by atoms with Gasteiger partial charge in [0.05, 0.1) is 21.3 Å². The number of allylic oxidation sites excluding steroid dienone is 4. The van der Waals surface area contributed by atoms with Gasteiger partial charge in [-0.2, -0.15) is 8.78 Å². The first-order valence-electron chi connectivity index (χ1n) is 36.5. The van der Waals surface area contributed by atoms with Gasteiger partial charge in [-0.25, -0.2) is 0 Å². The molecule has 0 heterocycles. The minimum Gasteiger partial charge on any atom is -0.850 e. The van der Waals surface area contributed by atoms with Crippen LogP contribution < -0.4 is 169 Å². The maximum absolute atomic E-state index is 11.2. The van der Waals surface area contributed by atoms with E-state index in [1.807, 2.05) is 156 Å². The molecule has 642 valence electrons. The van der Waals surface area contributed by atoms with Crippen molar-refractivity contribution in [1.29, 1.82) is 0 Å². The largest absolute Gasteiger partial charge is 1.00 e. The number of carboxylic acid groups (broad SMARTS) is 1. The normalized spacial score (nSPS) is 7.26. The van der Waals surface area contributed by atoms with E-state index in [0.717, 1.165) is 40.0 Å². The number of thiocarbonyl (C=S) groups is 1. The summed E-state index contributed by atoms with van der Waals surface area (Å²) in [5.74, 6) is -1.32. The van der Waals surface area contributed by atoms with E-state index >= 15 is 0 Å². The minimum atomic E-state index is -2.96. The van der Waals surface area contributed by atoms with Crippen LogP contribution in [-0.2, 0) is 47.7 Å². The van der Waals surface area contributed by atoms with E-state index in [1.54, 1.807) is 76.3 Å². The number of ether oxygens (including phenoxy) is 4. The smallest absolute Gasteiger partial charge is 0.850 e. The third kappa shape index (κ3) is 2620. The number of aldehydes is 3. The number of hydrogen-bond acceptors (Lipinski definition) is 17. The summed E-state index contributed by atoms with van der Waals surface area (Å²) in [5, 5.41) is 60.5. The molecule has 0 rings (SSSR count). The van der Waals surface area contributed by atoms with Crippen molar-refractivity contribution in [3.8, 4) is 0 Å². The zero-order chi connectivity index (χ0) is 88.9. The van der Waals surface area contributed by atoms with Crippen molar-refractivity contribution in [2.75, 3.05) is 35.5 Å². The van der Waals surface area contributed by atoms with Crippen LogP contribution >= 0.6 is 12.2 Å². The van der Waals surface area contributed by atoms with Crippen LogP contribution in [0.2, 0.25) is 6.82 Å². The molecule has 0 spiro atoms. The maximum Gasteiger partial charge on any atom is 1.00 e. The number of carbonyl (C=O) groups is 6. The molecule has 0 saturated carbocycles. The van der Waals surface area contributed by atoms with Gasteiger partial charge < -0.3 is 68.9 Å². The predicted octanol–water partition coefficient (Wildman–Crippen LogP) is 14.6.